The van der Waals surface area contributed by atoms with Crippen LogP contribution in [0.4, 0.5) is 0 Å². The average Bonchev–Trinajstić information content (AvgIpc) is 2.14. The van der Waals surface area contributed by atoms with Crippen molar-refractivity contribution in [2.75, 3.05) is 0 Å². The van der Waals surface area contributed by atoms with Gasteiger partial charge in [-0.3, -0.25) is 0 Å². The summed E-state index contributed by atoms with van der Waals surface area (Å²) in [5.41, 5.74) is 0.144. The van der Waals surface area contributed by atoms with Crippen LogP contribution >= 0.6 is 0 Å². The molecule has 0 amide bonds. The molecule has 18 heavy (non-hydrogen) atoms. The molecule has 0 fully saturated rings. The van der Waals surface area contributed by atoms with Crippen molar-refractivity contribution in [3.63, 3.8) is 0 Å². The lowest BCUT2D eigenvalue weighted by Crippen LogP contribution is -2.41. The highest BCUT2D eigenvalue weighted by Gasteiger charge is 2.40. The summed E-state index contributed by atoms with van der Waals surface area (Å²) >= 11 is 0. The van der Waals surface area contributed by atoms with E-state index in [-0.39, 0.29) is 10.5 Å². The van der Waals surface area contributed by atoms with Gasteiger partial charge in [-0.25, -0.2) is 0 Å². The van der Waals surface area contributed by atoms with Gasteiger partial charge in [0.1, 0.15) is 0 Å². The molecule has 1 nitrogen and oxygen atoms in total. The molecule has 1 aliphatic rings. The summed E-state index contributed by atoms with van der Waals surface area (Å²) in [6.45, 7) is 13.7. The summed E-state index contributed by atoms with van der Waals surface area (Å²) in [6.07, 6.45) is 12.0. The van der Waals surface area contributed by atoms with Gasteiger partial charge in [0.05, 0.1) is 5.76 Å². The van der Waals surface area contributed by atoms with Crippen molar-refractivity contribution in [3.05, 3.63) is 11.8 Å². The maximum atomic E-state index is 6.42. The maximum Gasteiger partial charge on any atom is 0.250 e. The lowest BCUT2D eigenvalue weighted by molar-refractivity contribution is 0.291. The van der Waals surface area contributed by atoms with Crippen LogP contribution in [0.5, 0.6) is 0 Å². The average molecular weight is 264 g/mol. The molecule has 102 valence electrons. The van der Waals surface area contributed by atoms with Gasteiger partial charge in [-0.15, -0.1) is 12.3 Å². The van der Waals surface area contributed by atoms with Crippen LogP contribution in [0.15, 0.2) is 11.8 Å². The first-order chi connectivity index (χ1) is 8.10. The Morgan fingerprint density at radius 3 is 2.56 bits per heavy atom. The largest absolute Gasteiger partial charge is 0.547 e. The Morgan fingerprint density at radius 1 is 1.44 bits per heavy atom. The van der Waals surface area contributed by atoms with Crippen molar-refractivity contribution in [2.24, 2.45) is 5.41 Å². The van der Waals surface area contributed by atoms with Crippen LogP contribution < -0.4 is 0 Å². The monoisotopic (exact) mass is 264 g/mol. The van der Waals surface area contributed by atoms with Gasteiger partial charge in [0, 0.05) is 12.8 Å². The molecule has 0 aromatic rings. The minimum absolute atomic E-state index is 0.144. The molecular weight excluding hydrogens is 236 g/mol. The molecule has 0 heterocycles. The smallest absolute Gasteiger partial charge is 0.250 e. The zero-order chi connectivity index (χ0) is 14.0. The van der Waals surface area contributed by atoms with Gasteiger partial charge in [0.2, 0.25) is 8.32 Å². The molecule has 0 aromatic carbocycles. The number of allylic oxidation sites excluding steroid dienone is 2. The molecule has 0 saturated heterocycles. The minimum Gasteiger partial charge on any atom is -0.547 e. The third-order valence-electron chi connectivity index (χ3n) is 4.38. The van der Waals surface area contributed by atoms with Gasteiger partial charge in [-0.2, -0.15) is 0 Å². The second-order valence-corrected chi connectivity index (χ2v) is 12.1. The van der Waals surface area contributed by atoms with E-state index in [1.54, 1.807) is 0 Å². The van der Waals surface area contributed by atoms with Gasteiger partial charge in [-0.1, -0.05) is 27.7 Å². The van der Waals surface area contributed by atoms with Crippen molar-refractivity contribution < 1.29 is 4.43 Å². The van der Waals surface area contributed by atoms with Gasteiger partial charge in [0.15, 0.2) is 0 Å². The summed E-state index contributed by atoms with van der Waals surface area (Å²) in [4.78, 5) is 0. The first-order valence-corrected chi connectivity index (χ1v) is 9.85. The van der Waals surface area contributed by atoms with Crippen molar-refractivity contribution in [3.8, 4) is 12.3 Å². The molecule has 0 N–H and O–H groups in total. The highest BCUT2D eigenvalue weighted by atomic mass is 28.4. The number of terminal acetylenes is 1. The second kappa shape index (κ2) is 5.13. The molecule has 0 spiro atoms. The quantitative estimate of drug-likeness (QED) is 0.508. The Labute approximate surface area is 114 Å². The van der Waals surface area contributed by atoms with Gasteiger partial charge in [-0.05, 0) is 42.5 Å². The van der Waals surface area contributed by atoms with E-state index in [4.69, 9.17) is 10.8 Å². The van der Waals surface area contributed by atoms with E-state index in [0.29, 0.717) is 0 Å². The molecule has 1 unspecified atom stereocenters. The van der Waals surface area contributed by atoms with Crippen LogP contribution in [-0.4, -0.2) is 8.32 Å². The molecule has 0 radical (unpaired) electrons. The zero-order valence-corrected chi connectivity index (χ0v) is 13.9. The van der Waals surface area contributed by atoms with E-state index >= 15 is 0 Å². The topological polar surface area (TPSA) is 9.23 Å². The molecular formula is C16H28OSi. The highest BCUT2D eigenvalue weighted by molar-refractivity contribution is 6.74. The number of hydrogen-bond acceptors (Lipinski definition) is 1. The third-order valence-corrected chi connectivity index (χ3v) is 8.76. The van der Waals surface area contributed by atoms with Crippen molar-refractivity contribution >= 4 is 8.32 Å². The van der Waals surface area contributed by atoms with E-state index < -0.39 is 8.32 Å². The molecule has 1 atom stereocenters. The molecule has 1 aliphatic carbocycles. The van der Waals surface area contributed by atoms with Crippen LogP contribution in [0.2, 0.25) is 18.1 Å². The lowest BCUT2D eigenvalue weighted by Gasteiger charge is -2.39. The first-order valence-electron chi connectivity index (χ1n) is 6.94. The minimum atomic E-state index is -1.70. The lowest BCUT2D eigenvalue weighted by atomic mass is 9.78. The maximum absolute atomic E-state index is 6.42. The summed E-state index contributed by atoms with van der Waals surface area (Å²) in [6, 6.07) is 0. The summed E-state index contributed by atoms with van der Waals surface area (Å²) < 4.78 is 6.42. The molecule has 2 heteroatoms. The SMILES string of the molecule is C#CCC1(C)C=C(O[Si](C)(C)C(C)(C)C)CCC1. The Kier molecular flexibility index (Phi) is 4.38. The van der Waals surface area contributed by atoms with Gasteiger partial charge >= 0.3 is 0 Å². The summed E-state index contributed by atoms with van der Waals surface area (Å²) in [5, 5.41) is 0.258. The predicted octanol–water partition coefficient (Wildman–Crippen LogP) is 5.11. The summed E-state index contributed by atoms with van der Waals surface area (Å²) in [5.74, 6) is 3.99. The van der Waals surface area contributed by atoms with E-state index in [0.717, 1.165) is 12.8 Å². The van der Waals surface area contributed by atoms with Crippen LogP contribution in [0.25, 0.3) is 0 Å². The number of hydrogen-bond donors (Lipinski definition) is 0. The third kappa shape index (κ3) is 3.65. The van der Waals surface area contributed by atoms with Crippen LogP contribution in [-0.2, 0) is 4.43 Å². The van der Waals surface area contributed by atoms with Crippen molar-refractivity contribution in [1.82, 2.24) is 0 Å². The second-order valence-electron chi connectivity index (χ2n) is 7.36. The van der Waals surface area contributed by atoms with E-state index in [1.807, 2.05) is 0 Å². The fraction of sp³-hybridized carbons (Fsp3) is 0.750. The first kappa shape index (κ1) is 15.4. The highest BCUT2D eigenvalue weighted by Crippen LogP contribution is 2.42. The predicted molar refractivity (Wildman–Crippen MR) is 81.8 cm³/mol. The van der Waals surface area contributed by atoms with Crippen molar-refractivity contribution in [1.29, 1.82) is 0 Å². The van der Waals surface area contributed by atoms with Crippen LogP contribution in [0.1, 0.15) is 53.4 Å². The molecule has 0 aromatic heterocycles. The summed E-state index contributed by atoms with van der Waals surface area (Å²) in [7, 11) is -1.70. The molecule has 0 bridgehead atoms. The van der Waals surface area contributed by atoms with E-state index in [9.17, 15) is 0 Å². The van der Waals surface area contributed by atoms with E-state index in [1.165, 1.54) is 18.6 Å². The Bertz CT molecular complexity index is 368. The molecule has 0 saturated carbocycles. The van der Waals surface area contributed by atoms with Crippen LogP contribution in [0, 0.1) is 17.8 Å². The Morgan fingerprint density at radius 2 is 2.06 bits per heavy atom. The fourth-order valence-corrected chi connectivity index (χ4v) is 3.26. The molecule has 0 aliphatic heterocycles. The number of rotatable bonds is 3. The van der Waals surface area contributed by atoms with Crippen LogP contribution in [0.3, 0.4) is 0 Å². The van der Waals surface area contributed by atoms with Gasteiger partial charge in [0.25, 0.3) is 0 Å². The fourth-order valence-electron chi connectivity index (χ4n) is 2.13. The zero-order valence-electron chi connectivity index (χ0n) is 12.9. The van der Waals surface area contributed by atoms with Crippen molar-refractivity contribution in [2.45, 2.75) is 71.5 Å². The standard InChI is InChI=1S/C16H28OSi/c1-8-11-16(5)12-9-10-14(13-16)17-18(6,7)15(2,3)4/h1,13H,9-12H2,2-7H3. The van der Waals surface area contributed by atoms with E-state index in [2.05, 4.69) is 52.8 Å². The normalized spacial score (nSPS) is 25.3. The Hall–Kier alpha value is -0.683. The molecule has 1 rings (SSSR count). The Balaban J connectivity index is 2.85. The van der Waals surface area contributed by atoms with Gasteiger partial charge < -0.3 is 4.43 Å².